The molecule has 0 aliphatic carbocycles. The second-order valence-corrected chi connectivity index (χ2v) is 6.08. The van der Waals surface area contributed by atoms with E-state index >= 15 is 0 Å². The lowest BCUT2D eigenvalue weighted by atomic mass is 9.91. The maximum absolute atomic E-state index is 6.62. The van der Waals surface area contributed by atoms with Crippen LogP contribution < -0.4 is 0 Å². The van der Waals surface area contributed by atoms with Crippen LogP contribution in [-0.2, 0) is 24.3 Å². The molecule has 4 heteroatoms. The smallest absolute Gasteiger partial charge is 0.00749 e. The molecule has 0 saturated heterocycles. The Kier molecular flexibility index (Phi) is 13.7. The van der Waals surface area contributed by atoms with Crippen molar-refractivity contribution >= 4 is 12.6 Å². The first-order valence-corrected chi connectivity index (χ1v) is 8.88. The predicted octanol–water partition coefficient (Wildman–Crippen LogP) is 5.95. The van der Waals surface area contributed by atoms with Gasteiger partial charge in [0.2, 0.25) is 0 Å². The number of hydrogen-bond acceptors (Lipinski definition) is 4. The molecular formula is C18H32O3S. The molecule has 0 saturated carbocycles. The highest BCUT2D eigenvalue weighted by Crippen LogP contribution is 2.27. The molecule has 2 N–H and O–H groups in total. The van der Waals surface area contributed by atoms with Gasteiger partial charge in [0.25, 0.3) is 0 Å². The Morgan fingerprint density at radius 3 is 1.77 bits per heavy atom. The van der Waals surface area contributed by atoms with E-state index in [2.05, 4.69) is 37.9 Å². The number of unbranched alkanes of at least 4 members (excludes halogenated alkanes) is 3. The van der Waals surface area contributed by atoms with E-state index in [1.807, 2.05) is 0 Å². The van der Waals surface area contributed by atoms with E-state index < -0.39 is 0 Å². The summed E-state index contributed by atoms with van der Waals surface area (Å²) in [6, 6.07) is 4.53. The van der Waals surface area contributed by atoms with E-state index in [0.29, 0.717) is 0 Å². The van der Waals surface area contributed by atoms with Crippen LogP contribution in [0.1, 0.15) is 76.0 Å². The zero-order valence-electron chi connectivity index (χ0n) is 14.3. The molecule has 1 rings (SSSR count). The Bertz CT molecular complexity index is 394. The molecule has 22 heavy (non-hydrogen) atoms. The molecule has 0 aromatic heterocycles. The van der Waals surface area contributed by atoms with Gasteiger partial charge in [0.15, 0.2) is 0 Å². The van der Waals surface area contributed by atoms with Gasteiger partial charge in [0.05, 0.1) is 0 Å². The average molecular weight is 329 g/mol. The summed E-state index contributed by atoms with van der Waals surface area (Å²) in [5.41, 5.74) is 4.74. The number of rotatable bonds is 9. The van der Waals surface area contributed by atoms with Gasteiger partial charge >= 0.3 is 0 Å². The molecule has 0 radical (unpaired) electrons. The predicted molar refractivity (Wildman–Crippen MR) is 95.9 cm³/mol. The average Bonchev–Trinajstić information content (AvgIpc) is 2.51. The summed E-state index contributed by atoms with van der Waals surface area (Å²) in [6.07, 6.45) is 11.4. The van der Waals surface area contributed by atoms with Crippen LogP contribution in [0.25, 0.3) is 0 Å². The van der Waals surface area contributed by atoms with Crippen LogP contribution in [0.4, 0.5) is 0 Å². The maximum atomic E-state index is 6.62. The second-order valence-electron chi connectivity index (χ2n) is 5.59. The monoisotopic (exact) mass is 328 g/mol. The quantitative estimate of drug-likeness (QED) is 0.298. The van der Waals surface area contributed by atoms with Gasteiger partial charge in [-0.1, -0.05) is 51.1 Å². The minimum Gasteiger partial charge on any atom is -0.221 e. The molecule has 0 bridgehead atoms. The fraction of sp³-hybridized carbons (Fsp3) is 0.667. The zero-order chi connectivity index (χ0) is 16.8. The Hall–Kier alpha value is -0.550. The molecule has 0 atom stereocenters. The van der Waals surface area contributed by atoms with E-state index in [1.165, 1.54) is 68.2 Å². The summed E-state index contributed by atoms with van der Waals surface area (Å²) in [7, 11) is 0. The molecule has 0 aliphatic rings. The van der Waals surface area contributed by atoms with Gasteiger partial charge < -0.3 is 0 Å². The number of aryl methyl sites for hydroxylation is 1. The Morgan fingerprint density at radius 2 is 1.27 bits per heavy atom. The largest absolute Gasteiger partial charge is 0.221 e. The second kappa shape index (κ2) is 14.1. The topological polar surface area (TPSA) is 49.7 Å². The van der Waals surface area contributed by atoms with Crippen molar-refractivity contribution in [3.63, 3.8) is 0 Å². The zero-order valence-corrected chi connectivity index (χ0v) is 15.2. The fourth-order valence-corrected chi connectivity index (χ4v) is 2.95. The van der Waals surface area contributed by atoms with Crippen molar-refractivity contribution in [2.75, 3.05) is 0 Å². The Balaban J connectivity index is 0.00000135. The maximum Gasteiger partial charge on any atom is 0.00749 e. The highest BCUT2D eigenvalue weighted by atomic mass is 32.1. The summed E-state index contributed by atoms with van der Waals surface area (Å²) in [6.45, 7) is 6.82. The van der Waals surface area contributed by atoms with Crippen molar-refractivity contribution in [1.82, 2.24) is 0 Å². The molecule has 1 aromatic rings. The molecule has 0 heterocycles. The van der Waals surface area contributed by atoms with Crippen molar-refractivity contribution in [3.05, 3.63) is 28.8 Å². The summed E-state index contributed by atoms with van der Waals surface area (Å²) < 4.78 is 0. The van der Waals surface area contributed by atoms with Gasteiger partial charge in [-0.05, 0) is 61.3 Å². The number of benzene rings is 1. The molecule has 0 spiro atoms. The SMILES string of the molecule is CCCCc1ccc(S)c(CCCC)c1CCCC.OOO. The van der Waals surface area contributed by atoms with E-state index in [-0.39, 0.29) is 0 Å². The Labute approximate surface area is 141 Å². The van der Waals surface area contributed by atoms with Gasteiger partial charge in [-0.2, -0.15) is 0 Å². The summed E-state index contributed by atoms with van der Waals surface area (Å²) in [4.78, 5) is 1.21. The van der Waals surface area contributed by atoms with Crippen LogP contribution in [0.15, 0.2) is 17.0 Å². The van der Waals surface area contributed by atoms with Crippen LogP contribution in [0, 0.1) is 0 Å². The van der Waals surface area contributed by atoms with Gasteiger partial charge in [0.1, 0.15) is 0 Å². The summed E-state index contributed by atoms with van der Waals surface area (Å²) in [5.74, 6) is 0. The molecular weight excluding hydrogens is 296 g/mol. The van der Waals surface area contributed by atoms with Gasteiger partial charge in [-0.25, -0.2) is 10.5 Å². The van der Waals surface area contributed by atoms with Crippen molar-refractivity contribution in [1.29, 1.82) is 0 Å². The van der Waals surface area contributed by atoms with E-state index in [4.69, 9.17) is 23.1 Å². The molecule has 1 aromatic carbocycles. The molecule has 3 nitrogen and oxygen atoms in total. The van der Waals surface area contributed by atoms with Gasteiger partial charge in [-0.15, -0.1) is 12.6 Å². The van der Waals surface area contributed by atoms with Crippen molar-refractivity contribution in [2.24, 2.45) is 0 Å². The highest BCUT2D eigenvalue weighted by molar-refractivity contribution is 7.80. The molecule has 0 unspecified atom stereocenters. The number of thiol groups is 1. The van der Waals surface area contributed by atoms with Gasteiger partial charge in [-0.3, -0.25) is 0 Å². The van der Waals surface area contributed by atoms with Crippen LogP contribution >= 0.6 is 12.6 Å². The molecule has 128 valence electrons. The van der Waals surface area contributed by atoms with Crippen LogP contribution in [0.5, 0.6) is 0 Å². The summed E-state index contributed by atoms with van der Waals surface area (Å²) >= 11 is 4.70. The van der Waals surface area contributed by atoms with E-state index in [0.717, 1.165) is 0 Å². The van der Waals surface area contributed by atoms with Crippen LogP contribution in [-0.4, -0.2) is 10.5 Å². The third kappa shape index (κ3) is 8.18. The lowest BCUT2D eigenvalue weighted by Crippen LogP contribution is -2.03. The van der Waals surface area contributed by atoms with Crippen molar-refractivity contribution in [3.8, 4) is 0 Å². The molecule has 0 amide bonds. The van der Waals surface area contributed by atoms with Crippen LogP contribution in [0.2, 0.25) is 0 Å². The van der Waals surface area contributed by atoms with Gasteiger partial charge in [0, 0.05) is 4.90 Å². The standard InChI is InChI=1S/C18H30S.H2O3/c1-4-7-10-15-13-14-18(19)17(12-9-6-3)16(15)11-8-5-2;1-3-2/h13-14,19H,4-12H2,1-3H3;1-2H. The Morgan fingerprint density at radius 1 is 0.818 bits per heavy atom. The summed E-state index contributed by atoms with van der Waals surface area (Å²) in [5, 5.41) is 15.5. The highest BCUT2D eigenvalue weighted by Gasteiger charge is 2.11. The number of hydrogen-bond donors (Lipinski definition) is 3. The first-order valence-electron chi connectivity index (χ1n) is 8.43. The minimum absolute atomic E-state index is 1.20. The first-order chi connectivity index (χ1) is 10.7. The normalized spacial score (nSPS) is 10.3. The van der Waals surface area contributed by atoms with Crippen LogP contribution in [0.3, 0.4) is 0 Å². The molecule has 0 aliphatic heterocycles. The fourth-order valence-electron chi connectivity index (χ4n) is 2.63. The van der Waals surface area contributed by atoms with Crippen molar-refractivity contribution < 1.29 is 15.6 Å². The third-order valence-corrected chi connectivity index (χ3v) is 4.28. The van der Waals surface area contributed by atoms with E-state index in [1.54, 1.807) is 11.1 Å². The molecule has 0 fully saturated rings. The third-order valence-electron chi connectivity index (χ3n) is 3.86. The first kappa shape index (κ1) is 21.4. The lowest BCUT2D eigenvalue weighted by Gasteiger charge is -2.17. The minimum atomic E-state index is 1.20. The van der Waals surface area contributed by atoms with Crippen molar-refractivity contribution in [2.45, 2.75) is 83.5 Å². The van der Waals surface area contributed by atoms with E-state index in [9.17, 15) is 0 Å². The lowest BCUT2D eigenvalue weighted by molar-refractivity contribution is -0.465.